The molecule has 4 rings (SSSR count). The van der Waals surface area contributed by atoms with Gasteiger partial charge in [0.2, 0.25) is 5.91 Å². The third-order valence-corrected chi connectivity index (χ3v) is 6.01. The lowest BCUT2D eigenvalue weighted by Crippen LogP contribution is -2.36. The summed E-state index contributed by atoms with van der Waals surface area (Å²) in [6.07, 6.45) is 0.875. The van der Waals surface area contributed by atoms with Crippen molar-refractivity contribution in [2.45, 2.75) is 23.5 Å². The maximum atomic E-state index is 12.6. The van der Waals surface area contributed by atoms with Crippen LogP contribution in [-0.2, 0) is 9.53 Å². The summed E-state index contributed by atoms with van der Waals surface area (Å²) in [7, 11) is 0. The van der Waals surface area contributed by atoms with Gasteiger partial charge < -0.3 is 24.4 Å². The van der Waals surface area contributed by atoms with E-state index in [1.807, 2.05) is 49.4 Å². The minimum Gasteiger partial charge on any atom is -0.490 e. The molecule has 1 fully saturated rings. The molecule has 0 aromatic heterocycles. The molecule has 1 saturated heterocycles. The summed E-state index contributed by atoms with van der Waals surface area (Å²) in [6.45, 7) is 6.54. The van der Waals surface area contributed by atoms with Crippen LogP contribution in [-0.4, -0.2) is 50.7 Å². The number of thioether (sulfide) groups is 1. The molecule has 0 spiro atoms. The van der Waals surface area contributed by atoms with Gasteiger partial charge in [0.25, 0.3) is 0 Å². The van der Waals surface area contributed by atoms with Gasteiger partial charge in [-0.25, -0.2) is 0 Å². The molecule has 2 aromatic rings. The third kappa shape index (κ3) is 5.16. The monoisotopic (exact) mass is 414 g/mol. The van der Waals surface area contributed by atoms with Crippen LogP contribution in [0, 0.1) is 0 Å². The van der Waals surface area contributed by atoms with Crippen molar-refractivity contribution in [1.82, 2.24) is 0 Å². The van der Waals surface area contributed by atoms with Crippen LogP contribution in [0.15, 0.2) is 47.4 Å². The number of morpholine rings is 1. The molecule has 0 unspecified atom stereocenters. The molecule has 2 aromatic carbocycles. The predicted octanol–water partition coefficient (Wildman–Crippen LogP) is 3.80. The van der Waals surface area contributed by atoms with Gasteiger partial charge in [-0.2, -0.15) is 0 Å². The Kier molecular flexibility index (Phi) is 6.46. The van der Waals surface area contributed by atoms with E-state index in [1.165, 1.54) is 11.8 Å². The number of amides is 1. The zero-order valence-electron chi connectivity index (χ0n) is 16.6. The smallest absolute Gasteiger partial charge is 0.237 e. The first kappa shape index (κ1) is 19.9. The molecule has 0 aliphatic carbocycles. The number of carbonyl (C=O) groups excluding carboxylic acids is 1. The normalized spacial score (nSPS) is 17.3. The second-order valence-corrected chi connectivity index (χ2v) is 8.47. The number of nitrogens with zero attached hydrogens (tertiary/aromatic N) is 1. The van der Waals surface area contributed by atoms with Crippen LogP contribution >= 0.6 is 11.8 Å². The summed E-state index contributed by atoms with van der Waals surface area (Å²) in [5, 5.41) is 2.77. The number of carbonyl (C=O) groups is 1. The van der Waals surface area contributed by atoms with Crippen molar-refractivity contribution in [2.75, 3.05) is 49.7 Å². The summed E-state index contributed by atoms with van der Waals surface area (Å²) < 4.78 is 16.8. The van der Waals surface area contributed by atoms with E-state index < -0.39 is 0 Å². The van der Waals surface area contributed by atoms with Crippen molar-refractivity contribution in [2.24, 2.45) is 0 Å². The van der Waals surface area contributed by atoms with Crippen molar-refractivity contribution in [3.63, 3.8) is 0 Å². The highest BCUT2D eigenvalue weighted by Gasteiger charge is 2.18. The molecule has 0 radical (unpaired) electrons. The Morgan fingerprint density at radius 1 is 1.00 bits per heavy atom. The fourth-order valence-corrected chi connectivity index (χ4v) is 4.19. The van der Waals surface area contributed by atoms with E-state index in [1.54, 1.807) is 0 Å². The van der Waals surface area contributed by atoms with Gasteiger partial charge in [-0.15, -0.1) is 11.8 Å². The minimum absolute atomic E-state index is 0.0266. The Labute approximate surface area is 175 Å². The van der Waals surface area contributed by atoms with Crippen LogP contribution in [0.5, 0.6) is 11.5 Å². The quantitative estimate of drug-likeness (QED) is 0.751. The number of rotatable bonds is 5. The zero-order chi connectivity index (χ0) is 20.1. The van der Waals surface area contributed by atoms with E-state index in [0.29, 0.717) is 13.2 Å². The number of anilines is 2. The maximum absolute atomic E-state index is 12.6. The Morgan fingerprint density at radius 2 is 1.72 bits per heavy atom. The van der Waals surface area contributed by atoms with Gasteiger partial charge in [-0.1, -0.05) is 0 Å². The molecule has 29 heavy (non-hydrogen) atoms. The molecule has 7 heteroatoms. The van der Waals surface area contributed by atoms with Crippen LogP contribution in [0.4, 0.5) is 11.4 Å². The Morgan fingerprint density at radius 3 is 2.48 bits per heavy atom. The fraction of sp³-hybridized carbons (Fsp3) is 0.409. The van der Waals surface area contributed by atoms with Crippen molar-refractivity contribution >= 4 is 29.0 Å². The van der Waals surface area contributed by atoms with Crippen LogP contribution in [0.3, 0.4) is 0 Å². The standard InChI is InChI=1S/C22H26N2O4S/c1-16(29-19-7-8-20-21(15-19)28-12-2-11-27-20)22(25)23-17-3-5-18(6-4-17)24-9-13-26-14-10-24/h3-8,15-16H,2,9-14H2,1H3,(H,23,25)/t16-/m1/s1. The van der Waals surface area contributed by atoms with Gasteiger partial charge in [-0.3, -0.25) is 4.79 Å². The summed E-state index contributed by atoms with van der Waals surface area (Å²) in [5.41, 5.74) is 1.96. The first-order valence-corrected chi connectivity index (χ1v) is 10.9. The average molecular weight is 415 g/mol. The Balaban J connectivity index is 1.34. The summed E-state index contributed by atoms with van der Waals surface area (Å²) >= 11 is 1.51. The molecule has 2 heterocycles. The molecule has 2 aliphatic heterocycles. The minimum atomic E-state index is -0.237. The number of nitrogens with one attached hydrogen (secondary N) is 1. The molecular weight excluding hydrogens is 388 g/mol. The van der Waals surface area contributed by atoms with Gasteiger partial charge in [0.1, 0.15) is 0 Å². The third-order valence-electron chi connectivity index (χ3n) is 4.91. The molecule has 1 N–H and O–H groups in total. The molecular formula is C22H26N2O4S. The predicted molar refractivity (Wildman–Crippen MR) is 115 cm³/mol. The summed E-state index contributed by atoms with van der Waals surface area (Å²) in [4.78, 5) is 15.9. The molecule has 1 amide bonds. The number of hydrogen-bond donors (Lipinski definition) is 1. The highest BCUT2D eigenvalue weighted by molar-refractivity contribution is 8.00. The number of benzene rings is 2. The molecule has 6 nitrogen and oxygen atoms in total. The van der Waals surface area contributed by atoms with Gasteiger partial charge >= 0.3 is 0 Å². The van der Waals surface area contributed by atoms with Crippen molar-refractivity contribution in [1.29, 1.82) is 0 Å². The van der Waals surface area contributed by atoms with Gasteiger partial charge in [0.05, 0.1) is 31.7 Å². The Hall–Kier alpha value is -2.38. The van der Waals surface area contributed by atoms with Crippen molar-refractivity contribution < 1.29 is 19.0 Å². The van der Waals surface area contributed by atoms with E-state index in [-0.39, 0.29) is 11.2 Å². The van der Waals surface area contributed by atoms with Crippen LogP contribution in [0.25, 0.3) is 0 Å². The average Bonchev–Trinajstić information content (AvgIpc) is 3.00. The number of ether oxygens (including phenoxy) is 3. The van der Waals surface area contributed by atoms with E-state index in [0.717, 1.165) is 60.5 Å². The van der Waals surface area contributed by atoms with Crippen LogP contribution in [0.1, 0.15) is 13.3 Å². The zero-order valence-corrected chi connectivity index (χ0v) is 17.4. The molecule has 0 saturated carbocycles. The SMILES string of the molecule is C[C@@H](Sc1ccc2c(c1)OCCCO2)C(=O)Nc1ccc(N2CCOCC2)cc1. The fourth-order valence-electron chi connectivity index (χ4n) is 3.30. The second-order valence-electron chi connectivity index (χ2n) is 7.05. The largest absolute Gasteiger partial charge is 0.490 e. The second kappa shape index (κ2) is 9.41. The topological polar surface area (TPSA) is 60.0 Å². The van der Waals surface area contributed by atoms with E-state index in [4.69, 9.17) is 14.2 Å². The summed E-state index contributed by atoms with van der Waals surface area (Å²) in [5.74, 6) is 1.49. The highest BCUT2D eigenvalue weighted by Crippen LogP contribution is 2.35. The van der Waals surface area contributed by atoms with Crippen LogP contribution < -0.4 is 19.7 Å². The van der Waals surface area contributed by atoms with Crippen molar-refractivity contribution in [3.05, 3.63) is 42.5 Å². The maximum Gasteiger partial charge on any atom is 0.237 e. The van der Waals surface area contributed by atoms with E-state index >= 15 is 0 Å². The van der Waals surface area contributed by atoms with Crippen LogP contribution in [0.2, 0.25) is 0 Å². The number of hydrogen-bond acceptors (Lipinski definition) is 6. The lowest BCUT2D eigenvalue weighted by atomic mass is 10.2. The van der Waals surface area contributed by atoms with Gasteiger partial charge in [-0.05, 0) is 49.4 Å². The van der Waals surface area contributed by atoms with E-state index in [2.05, 4.69) is 10.2 Å². The molecule has 0 bridgehead atoms. The first-order chi connectivity index (χ1) is 14.2. The molecule has 154 valence electrons. The van der Waals surface area contributed by atoms with Gasteiger partial charge in [0, 0.05) is 35.8 Å². The lowest BCUT2D eigenvalue weighted by molar-refractivity contribution is -0.115. The molecule has 2 aliphatic rings. The number of fused-ring (bicyclic) bond motifs is 1. The summed E-state index contributed by atoms with van der Waals surface area (Å²) in [6, 6.07) is 13.8. The van der Waals surface area contributed by atoms with Gasteiger partial charge in [0.15, 0.2) is 11.5 Å². The Bertz CT molecular complexity index is 837. The highest BCUT2D eigenvalue weighted by atomic mass is 32.2. The lowest BCUT2D eigenvalue weighted by Gasteiger charge is -2.28. The molecule has 1 atom stereocenters. The van der Waals surface area contributed by atoms with E-state index in [9.17, 15) is 4.79 Å². The van der Waals surface area contributed by atoms with Crippen molar-refractivity contribution in [3.8, 4) is 11.5 Å². The first-order valence-electron chi connectivity index (χ1n) is 9.99.